The summed E-state index contributed by atoms with van der Waals surface area (Å²) in [6.07, 6.45) is 2.51. The van der Waals surface area contributed by atoms with Gasteiger partial charge in [0.15, 0.2) is 0 Å². The number of rotatable bonds is 5. The van der Waals surface area contributed by atoms with Gasteiger partial charge in [-0.25, -0.2) is 0 Å². The molecular formula is C40H60N+. The van der Waals surface area contributed by atoms with Crippen molar-refractivity contribution >= 4 is 0 Å². The van der Waals surface area contributed by atoms with Gasteiger partial charge in [0.1, 0.15) is 0 Å². The van der Waals surface area contributed by atoms with E-state index < -0.39 is 0 Å². The Kier molecular flexibility index (Phi) is 9.76. The summed E-state index contributed by atoms with van der Waals surface area (Å²) in [5, 5.41) is 0. The van der Waals surface area contributed by atoms with Gasteiger partial charge in [0.2, 0.25) is 0 Å². The van der Waals surface area contributed by atoms with Gasteiger partial charge in [-0.2, -0.15) is 0 Å². The highest BCUT2D eigenvalue weighted by atomic mass is 15.1. The van der Waals surface area contributed by atoms with Crippen LogP contribution >= 0.6 is 0 Å². The van der Waals surface area contributed by atoms with Crippen molar-refractivity contribution in [2.24, 2.45) is 16.2 Å². The molecule has 0 bridgehead atoms. The largest absolute Gasteiger partial charge is 0.337 e. The molecule has 0 amide bonds. The summed E-state index contributed by atoms with van der Waals surface area (Å²) in [5.41, 5.74) is 9.02. The zero-order chi connectivity index (χ0) is 30.9. The maximum atomic E-state index is 2.51. The molecule has 224 valence electrons. The van der Waals surface area contributed by atoms with Crippen molar-refractivity contribution in [3.63, 3.8) is 0 Å². The lowest BCUT2D eigenvalue weighted by atomic mass is 9.49. The second kappa shape index (κ2) is 12.1. The van der Waals surface area contributed by atoms with Crippen LogP contribution in [0.2, 0.25) is 0 Å². The van der Waals surface area contributed by atoms with E-state index in [1.807, 2.05) is 13.8 Å². The van der Waals surface area contributed by atoms with Gasteiger partial charge >= 0.3 is 0 Å². The topological polar surface area (TPSA) is 4.44 Å². The van der Waals surface area contributed by atoms with E-state index in [-0.39, 0.29) is 27.1 Å². The highest BCUT2D eigenvalue weighted by Gasteiger charge is 2.53. The molecule has 41 heavy (non-hydrogen) atoms. The maximum Gasteiger partial charge on any atom is 0.0777 e. The van der Waals surface area contributed by atoms with Crippen molar-refractivity contribution in [2.75, 3.05) is 20.1 Å². The lowest BCUT2D eigenvalue weighted by molar-refractivity contribution is -0.887. The van der Waals surface area contributed by atoms with Crippen LogP contribution in [0.15, 0.2) is 72.8 Å². The highest BCUT2D eigenvalue weighted by molar-refractivity contribution is 5.71. The molecule has 1 aliphatic heterocycles. The predicted octanol–water partition coefficient (Wildman–Crippen LogP) is 9.99. The van der Waals surface area contributed by atoms with Crippen molar-refractivity contribution in [3.05, 3.63) is 83.9 Å². The molecule has 0 atom stereocenters. The Morgan fingerprint density at radius 2 is 0.854 bits per heavy atom. The Labute approximate surface area is 253 Å². The first kappa shape index (κ1) is 33.1. The van der Waals surface area contributed by atoms with Crippen molar-refractivity contribution < 1.29 is 4.90 Å². The van der Waals surface area contributed by atoms with Crippen LogP contribution in [0.25, 0.3) is 22.3 Å². The fourth-order valence-electron chi connectivity index (χ4n) is 6.45. The van der Waals surface area contributed by atoms with Gasteiger partial charge in [-0.15, -0.1) is 0 Å². The van der Waals surface area contributed by atoms with E-state index in [0.29, 0.717) is 0 Å². The van der Waals surface area contributed by atoms with Crippen LogP contribution in [0, 0.1) is 16.2 Å². The number of benzene rings is 3. The molecule has 3 aromatic rings. The van der Waals surface area contributed by atoms with E-state index in [9.17, 15) is 0 Å². The Balaban J connectivity index is 0.00000226. The van der Waals surface area contributed by atoms with Crippen LogP contribution in [0.3, 0.4) is 0 Å². The molecule has 1 N–H and O–H groups in total. The third-order valence-electron chi connectivity index (χ3n) is 11.5. The molecule has 1 aliphatic rings. The molecule has 0 radical (unpaired) electrons. The summed E-state index contributed by atoms with van der Waals surface area (Å²) < 4.78 is 0. The smallest absolute Gasteiger partial charge is 0.0777 e. The number of quaternary nitrogens is 1. The summed E-state index contributed by atoms with van der Waals surface area (Å²) in [7, 11) is 2.35. The number of likely N-dealkylation sites (tertiary alicyclic amines) is 1. The van der Waals surface area contributed by atoms with Crippen LogP contribution in [0.1, 0.15) is 107 Å². The van der Waals surface area contributed by atoms with Gasteiger partial charge in [0.25, 0.3) is 0 Å². The fourth-order valence-corrected chi connectivity index (χ4v) is 6.45. The van der Waals surface area contributed by atoms with E-state index in [1.54, 1.807) is 4.90 Å². The molecule has 1 heterocycles. The first-order valence-electron chi connectivity index (χ1n) is 16.1. The third-order valence-corrected chi connectivity index (χ3v) is 11.5. The van der Waals surface area contributed by atoms with E-state index in [4.69, 9.17) is 0 Å². The Morgan fingerprint density at radius 3 is 1.20 bits per heavy atom. The third kappa shape index (κ3) is 6.36. The van der Waals surface area contributed by atoms with Gasteiger partial charge in [-0.1, -0.05) is 156 Å². The molecule has 0 aromatic heterocycles. The summed E-state index contributed by atoms with van der Waals surface area (Å²) in [6, 6.07) is 27.9. The van der Waals surface area contributed by atoms with E-state index in [2.05, 4.69) is 149 Å². The van der Waals surface area contributed by atoms with Gasteiger partial charge in [0.05, 0.1) is 20.1 Å². The average Bonchev–Trinajstić information content (AvgIpc) is 2.94. The number of hydrogen-bond acceptors (Lipinski definition) is 0. The average molecular weight is 555 g/mol. The minimum absolute atomic E-state index is 0.122. The minimum Gasteiger partial charge on any atom is -0.337 e. The minimum atomic E-state index is 0.122. The van der Waals surface area contributed by atoms with E-state index in [1.165, 1.54) is 59.3 Å². The molecule has 0 aliphatic carbocycles. The molecule has 1 fully saturated rings. The quantitative estimate of drug-likeness (QED) is 0.320. The molecule has 4 rings (SSSR count). The van der Waals surface area contributed by atoms with Crippen molar-refractivity contribution in [1.82, 2.24) is 0 Å². The standard InChI is InChI=1S/C38H53N.C2H6/c1-34(2,3)36(7,8)32-20-16-30(17-21-32)28-12-14-29(15-13-28)31-18-22-33(23-19-31)38(24-26-39(11)27-25-38)37(9,10)35(4,5)6;1-2/h12-23H,24-27H2,1-11H3;1-2H3/p+1. The summed E-state index contributed by atoms with van der Waals surface area (Å²) in [4.78, 5) is 1.67. The highest BCUT2D eigenvalue weighted by Crippen LogP contribution is 2.56. The molecule has 3 aromatic carbocycles. The Hall–Kier alpha value is -2.38. The zero-order valence-corrected chi connectivity index (χ0v) is 28.8. The predicted molar refractivity (Wildman–Crippen MR) is 182 cm³/mol. The molecule has 1 saturated heterocycles. The number of piperidine rings is 1. The van der Waals surface area contributed by atoms with Crippen LogP contribution in [-0.4, -0.2) is 20.1 Å². The van der Waals surface area contributed by atoms with Crippen molar-refractivity contribution in [3.8, 4) is 22.3 Å². The monoisotopic (exact) mass is 554 g/mol. The normalized spacial score (nSPS) is 20.3. The first-order chi connectivity index (χ1) is 19.0. The van der Waals surface area contributed by atoms with E-state index in [0.717, 1.165) is 0 Å². The van der Waals surface area contributed by atoms with Gasteiger partial charge in [0, 0.05) is 18.3 Å². The lowest BCUT2D eigenvalue weighted by Gasteiger charge is -2.56. The zero-order valence-electron chi connectivity index (χ0n) is 28.8. The second-order valence-electron chi connectivity index (χ2n) is 15.5. The number of nitrogens with one attached hydrogen (secondary N) is 1. The van der Waals surface area contributed by atoms with Gasteiger partial charge in [-0.05, 0) is 55.0 Å². The van der Waals surface area contributed by atoms with Crippen LogP contribution in [0.4, 0.5) is 0 Å². The van der Waals surface area contributed by atoms with Crippen molar-refractivity contribution in [1.29, 1.82) is 0 Å². The molecule has 0 unspecified atom stereocenters. The molecule has 1 nitrogen and oxygen atoms in total. The first-order valence-corrected chi connectivity index (χ1v) is 16.1. The van der Waals surface area contributed by atoms with Gasteiger partial charge in [-0.3, -0.25) is 0 Å². The summed E-state index contributed by atoms with van der Waals surface area (Å²) in [6.45, 7) is 30.5. The molecule has 1 heteroatoms. The van der Waals surface area contributed by atoms with Crippen LogP contribution < -0.4 is 4.90 Å². The fraction of sp³-hybridized carbons (Fsp3) is 0.550. The maximum absolute atomic E-state index is 2.51. The Bertz CT molecular complexity index is 1230. The molecule has 0 spiro atoms. The van der Waals surface area contributed by atoms with E-state index >= 15 is 0 Å². The molecule has 0 saturated carbocycles. The Morgan fingerprint density at radius 1 is 0.512 bits per heavy atom. The lowest BCUT2D eigenvalue weighted by Crippen LogP contribution is -3.10. The summed E-state index contributed by atoms with van der Waals surface area (Å²) >= 11 is 0. The van der Waals surface area contributed by atoms with Crippen molar-refractivity contribution in [2.45, 2.75) is 107 Å². The number of hydrogen-bond donors (Lipinski definition) is 1. The van der Waals surface area contributed by atoms with Gasteiger partial charge < -0.3 is 4.90 Å². The van der Waals surface area contributed by atoms with Crippen LogP contribution in [-0.2, 0) is 10.8 Å². The molecular weight excluding hydrogens is 494 g/mol. The second-order valence-corrected chi connectivity index (χ2v) is 15.5. The SMILES string of the molecule is CC.C[NH+]1CCC(c2ccc(-c3ccc(-c4ccc(C(C)(C)C(C)(C)C)cc4)cc3)cc2)(C(C)(C)C(C)(C)C)CC1. The summed E-state index contributed by atoms with van der Waals surface area (Å²) in [5.74, 6) is 0. The van der Waals surface area contributed by atoms with Crippen LogP contribution in [0.5, 0.6) is 0 Å².